The molecular weight excluding hydrogens is 160 g/mol. The third-order valence-electron chi connectivity index (χ3n) is 1.41. The second kappa shape index (κ2) is 3.08. The predicted molar refractivity (Wildman–Crippen MR) is 42.1 cm³/mol. The van der Waals surface area contributed by atoms with Crippen molar-refractivity contribution in [3.63, 3.8) is 0 Å². The van der Waals surface area contributed by atoms with Gasteiger partial charge in [-0.05, 0) is 6.07 Å². The lowest BCUT2D eigenvalue weighted by Gasteiger charge is -1.99. The Morgan fingerprint density at radius 2 is 2.33 bits per heavy atom. The standard InChI is InChI=1S/C7H8N2O3/c1-8-6(11)4-2-3-9-7(12)5(4)10/h2-3,10H,1H3,(H,8,11)(H,9,12). The summed E-state index contributed by atoms with van der Waals surface area (Å²) < 4.78 is 0. The van der Waals surface area contributed by atoms with E-state index < -0.39 is 17.2 Å². The molecule has 0 spiro atoms. The minimum Gasteiger partial charge on any atom is -0.502 e. The summed E-state index contributed by atoms with van der Waals surface area (Å²) in [6.07, 6.45) is 1.30. The van der Waals surface area contributed by atoms with Crippen molar-refractivity contribution in [1.29, 1.82) is 0 Å². The summed E-state index contributed by atoms with van der Waals surface area (Å²) in [6, 6.07) is 1.33. The second-order valence-electron chi connectivity index (χ2n) is 2.15. The first kappa shape index (κ1) is 8.32. The van der Waals surface area contributed by atoms with Gasteiger partial charge in [0.15, 0.2) is 5.75 Å². The molecule has 0 unspecified atom stereocenters. The van der Waals surface area contributed by atoms with E-state index in [1.54, 1.807) is 0 Å². The fourth-order valence-corrected chi connectivity index (χ4v) is 0.788. The van der Waals surface area contributed by atoms with Gasteiger partial charge in [0.05, 0.1) is 5.56 Å². The van der Waals surface area contributed by atoms with Gasteiger partial charge >= 0.3 is 0 Å². The lowest BCUT2D eigenvalue weighted by Crippen LogP contribution is -2.20. The molecule has 1 aromatic heterocycles. The quantitative estimate of drug-likeness (QED) is 0.525. The average molecular weight is 168 g/mol. The smallest absolute Gasteiger partial charge is 0.290 e. The van der Waals surface area contributed by atoms with Crippen LogP contribution in [0.15, 0.2) is 17.1 Å². The van der Waals surface area contributed by atoms with Crippen molar-refractivity contribution in [2.75, 3.05) is 7.05 Å². The Kier molecular flexibility index (Phi) is 2.14. The SMILES string of the molecule is CNC(=O)c1cc[nH]c(=O)c1O. The van der Waals surface area contributed by atoms with Crippen LogP contribution in [0.1, 0.15) is 10.4 Å². The van der Waals surface area contributed by atoms with Crippen LogP contribution in [0.2, 0.25) is 0 Å². The van der Waals surface area contributed by atoms with Gasteiger partial charge in [0, 0.05) is 13.2 Å². The van der Waals surface area contributed by atoms with Crippen LogP contribution >= 0.6 is 0 Å². The molecule has 3 N–H and O–H groups in total. The van der Waals surface area contributed by atoms with Gasteiger partial charge in [0.2, 0.25) is 0 Å². The highest BCUT2D eigenvalue weighted by molar-refractivity contribution is 5.96. The molecule has 0 aromatic carbocycles. The molecule has 0 fully saturated rings. The number of pyridine rings is 1. The van der Waals surface area contributed by atoms with E-state index in [1.165, 1.54) is 19.3 Å². The molecule has 12 heavy (non-hydrogen) atoms. The zero-order valence-electron chi connectivity index (χ0n) is 6.42. The average Bonchev–Trinajstić information content (AvgIpc) is 2.08. The fourth-order valence-electron chi connectivity index (χ4n) is 0.788. The van der Waals surface area contributed by atoms with Crippen LogP contribution in [0.3, 0.4) is 0 Å². The first-order valence-electron chi connectivity index (χ1n) is 3.29. The van der Waals surface area contributed by atoms with E-state index in [1.807, 2.05) is 0 Å². The lowest BCUT2D eigenvalue weighted by molar-refractivity contribution is 0.0960. The van der Waals surface area contributed by atoms with Crippen molar-refractivity contribution in [2.45, 2.75) is 0 Å². The van der Waals surface area contributed by atoms with Gasteiger partial charge in [-0.2, -0.15) is 0 Å². The zero-order valence-corrected chi connectivity index (χ0v) is 6.42. The third kappa shape index (κ3) is 1.29. The molecule has 0 aliphatic rings. The Morgan fingerprint density at radius 1 is 1.67 bits per heavy atom. The Balaban J connectivity index is 3.26. The number of amides is 1. The number of H-pyrrole nitrogens is 1. The Labute approximate surface area is 68.0 Å². The topological polar surface area (TPSA) is 82.2 Å². The van der Waals surface area contributed by atoms with Crippen molar-refractivity contribution < 1.29 is 9.90 Å². The van der Waals surface area contributed by atoms with Crippen molar-refractivity contribution in [3.05, 3.63) is 28.2 Å². The van der Waals surface area contributed by atoms with Gasteiger partial charge in [0.1, 0.15) is 0 Å². The minimum atomic E-state index is -0.670. The largest absolute Gasteiger partial charge is 0.502 e. The molecule has 0 saturated heterocycles. The van der Waals surface area contributed by atoms with Crippen LogP contribution in [-0.2, 0) is 0 Å². The molecule has 5 nitrogen and oxygen atoms in total. The lowest BCUT2D eigenvalue weighted by atomic mass is 10.2. The Bertz CT molecular complexity index is 356. The summed E-state index contributed by atoms with van der Waals surface area (Å²) in [5, 5.41) is 11.4. The molecule has 0 bridgehead atoms. The van der Waals surface area contributed by atoms with Crippen molar-refractivity contribution in [2.24, 2.45) is 0 Å². The predicted octanol–water partition coefficient (Wildman–Crippen LogP) is -0.560. The van der Waals surface area contributed by atoms with Crippen molar-refractivity contribution in [1.82, 2.24) is 10.3 Å². The van der Waals surface area contributed by atoms with Gasteiger partial charge < -0.3 is 15.4 Å². The number of nitrogens with one attached hydrogen (secondary N) is 2. The minimum absolute atomic E-state index is 0.0266. The summed E-state index contributed by atoms with van der Waals surface area (Å²) in [6.45, 7) is 0. The first-order chi connectivity index (χ1) is 5.66. The Morgan fingerprint density at radius 3 is 2.92 bits per heavy atom. The highest BCUT2D eigenvalue weighted by Crippen LogP contribution is 2.07. The molecule has 1 amide bonds. The number of aromatic nitrogens is 1. The van der Waals surface area contributed by atoms with Crippen molar-refractivity contribution >= 4 is 5.91 Å². The second-order valence-corrected chi connectivity index (χ2v) is 2.15. The van der Waals surface area contributed by atoms with E-state index in [9.17, 15) is 9.59 Å². The van der Waals surface area contributed by atoms with E-state index in [0.29, 0.717) is 0 Å². The number of carbonyl (C=O) groups excluding carboxylic acids is 1. The number of rotatable bonds is 1. The number of aromatic amines is 1. The highest BCUT2D eigenvalue weighted by atomic mass is 16.3. The van der Waals surface area contributed by atoms with Gasteiger partial charge in [-0.15, -0.1) is 0 Å². The number of hydrogen-bond acceptors (Lipinski definition) is 3. The third-order valence-corrected chi connectivity index (χ3v) is 1.41. The van der Waals surface area contributed by atoms with Gasteiger partial charge in [-0.1, -0.05) is 0 Å². The summed E-state index contributed by atoms with van der Waals surface area (Å²) in [4.78, 5) is 24.0. The van der Waals surface area contributed by atoms with Crippen LogP contribution in [0.5, 0.6) is 5.75 Å². The van der Waals surface area contributed by atoms with Crippen LogP contribution in [0.25, 0.3) is 0 Å². The maximum absolute atomic E-state index is 11.0. The van der Waals surface area contributed by atoms with Crippen LogP contribution in [0.4, 0.5) is 0 Å². The first-order valence-corrected chi connectivity index (χ1v) is 3.29. The van der Waals surface area contributed by atoms with Crippen LogP contribution in [0, 0.1) is 0 Å². The van der Waals surface area contributed by atoms with Crippen LogP contribution < -0.4 is 10.9 Å². The fraction of sp³-hybridized carbons (Fsp3) is 0.143. The maximum atomic E-state index is 11.0. The Hall–Kier alpha value is -1.78. The van der Waals surface area contributed by atoms with E-state index in [2.05, 4.69) is 10.3 Å². The zero-order chi connectivity index (χ0) is 9.14. The summed E-state index contributed by atoms with van der Waals surface area (Å²) in [5.74, 6) is -1.05. The number of hydrogen-bond donors (Lipinski definition) is 3. The van der Waals surface area contributed by atoms with E-state index in [-0.39, 0.29) is 5.56 Å². The van der Waals surface area contributed by atoms with E-state index in [4.69, 9.17) is 5.11 Å². The van der Waals surface area contributed by atoms with Gasteiger partial charge in [-0.25, -0.2) is 0 Å². The summed E-state index contributed by atoms with van der Waals surface area (Å²) >= 11 is 0. The normalized spacial score (nSPS) is 9.42. The molecule has 1 rings (SSSR count). The molecule has 5 heteroatoms. The van der Waals surface area contributed by atoms with Gasteiger partial charge in [0.25, 0.3) is 11.5 Å². The summed E-state index contributed by atoms with van der Waals surface area (Å²) in [7, 11) is 1.42. The molecule has 0 aliphatic heterocycles. The molecule has 0 aliphatic carbocycles. The molecule has 1 aromatic rings. The molecule has 0 saturated carbocycles. The van der Waals surface area contributed by atoms with Crippen molar-refractivity contribution in [3.8, 4) is 5.75 Å². The monoisotopic (exact) mass is 168 g/mol. The van der Waals surface area contributed by atoms with E-state index in [0.717, 1.165) is 0 Å². The number of aromatic hydroxyl groups is 1. The van der Waals surface area contributed by atoms with E-state index >= 15 is 0 Å². The highest BCUT2D eigenvalue weighted by Gasteiger charge is 2.10. The van der Waals surface area contributed by atoms with Gasteiger partial charge in [-0.3, -0.25) is 9.59 Å². The summed E-state index contributed by atoms with van der Waals surface area (Å²) in [5.41, 5.74) is -0.697. The molecule has 64 valence electrons. The number of carbonyl (C=O) groups is 1. The molecule has 1 heterocycles. The van der Waals surface area contributed by atoms with Crippen LogP contribution in [-0.4, -0.2) is 23.0 Å². The molecule has 0 radical (unpaired) electrons. The molecule has 0 atom stereocenters. The molecular formula is C7H8N2O3. The maximum Gasteiger partial charge on any atom is 0.290 e.